The molecule has 1 fully saturated rings. The maximum Gasteiger partial charge on any atom is 0.356 e. The van der Waals surface area contributed by atoms with E-state index in [0.717, 1.165) is 22.3 Å². The average molecular weight is 964 g/mol. The molecule has 340 valence electrons. The normalized spacial score (nSPS) is 15.8. The number of amides is 3. The van der Waals surface area contributed by atoms with Gasteiger partial charge in [0.25, 0.3) is 11.8 Å². The molecule has 14 nitrogen and oxygen atoms in total. The SMILES string of the molecule is O=CNc1nc(/C(=N/OC=O)C(=O)N[C@@H]2C(=O)N3C(C(=O)OC(c4ccccc4)c4ccccc4)=C(SCc4cnn(C(c5ccccc5)(c5ccccc5)c5ccccc5)c4)CS[C@@H]23)c(F)s1. The van der Waals surface area contributed by atoms with Crippen molar-refractivity contribution < 1.29 is 37.9 Å². The van der Waals surface area contributed by atoms with Gasteiger partial charge in [-0.3, -0.25) is 28.8 Å². The lowest BCUT2D eigenvalue weighted by atomic mass is 9.77. The summed E-state index contributed by atoms with van der Waals surface area (Å²) in [7, 11) is 0. The summed E-state index contributed by atoms with van der Waals surface area (Å²) < 4.78 is 23.4. The number of oxime groups is 1. The maximum absolute atomic E-state index is 15.0. The molecule has 0 aliphatic carbocycles. The molecule has 0 bridgehead atoms. The molecule has 9 rings (SSSR count). The average Bonchev–Trinajstić information content (AvgIpc) is 4.01. The molecule has 2 N–H and O–H groups in total. The number of thiazole rings is 1. The van der Waals surface area contributed by atoms with E-state index >= 15 is 4.39 Å². The summed E-state index contributed by atoms with van der Waals surface area (Å²) in [6.07, 6.45) is 3.22. The van der Waals surface area contributed by atoms with Crippen LogP contribution in [0.5, 0.6) is 0 Å². The van der Waals surface area contributed by atoms with Crippen LogP contribution in [-0.2, 0) is 44.8 Å². The number of hydrogen-bond donors (Lipinski definition) is 2. The molecule has 4 heterocycles. The van der Waals surface area contributed by atoms with Crippen molar-refractivity contribution in [2.24, 2.45) is 5.16 Å². The Bertz CT molecular complexity index is 2880. The van der Waals surface area contributed by atoms with E-state index in [0.29, 0.717) is 33.1 Å². The van der Waals surface area contributed by atoms with Gasteiger partial charge < -0.3 is 20.2 Å². The van der Waals surface area contributed by atoms with Gasteiger partial charge in [-0.15, -0.1) is 23.5 Å². The molecule has 5 aromatic carbocycles. The number of carbonyl (C=O) groups excluding carboxylic acids is 5. The highest BCUT2D eigenvalue weighted by Gasteiger charge is 2.55. The van der Waals surface area contributed by atoms with Crippen molar-refractivity contribution in [2.75, 3.05) is 11.1 Å². The molecule has 2 atom stereocenters. The number of β-lactam (4-membered cyclic amide) rings is 1. The zero-order valence-electron chi connectivity index (χ0n) is 35.6. The molecule has 3 amide bonds. The highest BCUT2D eigenvalue weighted by Crippen LogP contribution is 2.46. The number of carbonyl (C=O) groups is 5. The van der Waals surface area contributed by atoms with Crippen LogP contribution in [0.1, 0.15) is 45.2 Å². The van der Waals surface area contributed by atoms with Gasteiger partial charge in [0.2, 0.25) is 11.5 Å². The third kappa shape index (κ3) is 8.95. The van der Waals surface area contributed by atoms with E-state index in [1.807, 2.05) is 126 Å². The first-order valence-corrected chi connectivity index (χ1v) is 23.8. The molecular formula is C50H38FN7O7S3. The molecule has 0 spiro atoms. The van der Waals surface area contributed by atoms with Gasteiger partial charge in [-0.25, -0.2) is 9.78 Å². The highest BCUT2D eigenvalue weighted by atomic mass is 32.2. The predicted octanol–water partition coefficient (Wildman–Crippen LogP) is 7.64. The van der Waals surface area contributed by atoms with E-state index in [-0.39, 0.29) is 29.5 Å². The second kappa shape index (κ2) is 20.5. The van der Waals surface area contributed by atoms with Gasteiger partial charge >= 0.3 is 12.4 Å². The van der Waals surface area contributed by atoms with Crippen LogP contribution in [0.3, 0.4) is 0 Å². The second-order valence-corrected chi connectivity index (χ2v) is 18.3. The summed E-state index contributed by atoms with van der Waals surface area (Å²) in [5, 5.41) is 11.2. The van der Waals surface area contributed by atoms with Crippen LogP contribution in [-0.4, -0.2) is 73.2 Å². The second-order valence-electron chi connectivity index (χ2n) is 15.2. The first-order chi connectivity index (χ1) is 33.3. The van der Waals surface area contributed by atoms with E-state index in [4.69, 9.17) is 9.84 Å². The van der Waals surface area contributed by atoms with E-state index in [9.17, 15) is 24.0 Å². The number of nitrogens with zero attached hydrogens (tertiary/aromatic N) is 5. The van der Waals surface area contributed by atoms with Gasteiger partial charge in [0.15, 0.2) is 16.9 Å². The Morgan fingerprint density at radius 1 is 0.853 bits per heavy atom. The molecule has 68 heavy (non-hydrogen) atoms. The maximum atomic E-state index is 15.0. The molecule has 1 saturated heterocycles. The third-order valence-electron chi connectivity index (χ3n) is 11.2. The number of nitrogens with one attached hydrogen (secondary N) is 2. The number of hydrogen-bond acceptors (Lipinski definition) is 13. The number of aromatic nitrogens is 3. The molecule has 0 saturated carbocycles. The number of esters is 1. The molecule has 2 aliphatic rings. The Hall–Kier alpha value is -7.67. The first kappa shape index (κ1) is 45.5. The molecule has 7 aromatic rings. The number of fused-ring (bicyclic) bond motifs is 1. The Kier molecular flexibility index (Phi) is 13.7. The van der Waals surface area contributed by atoms with E-state index in [1.54, 1.807) is 6.20 Å². The van der Waals surface area contributed by atoms with E-state index < -0.39 is 57.4 Å². The van der Waals surface area contributed by atoms with Crippen molar-refractivity contribution in [3.8, 4) is 0 Å². The van der Waals surface area contributed by atoms with Crippen molar-refractivity contribution in [3.05, 3.63) is 219 Å². The lowest BCUT2D eigenvalue weighted by Gasteiger charge is -2.49. The summed E-state index contributed by atoms with van der Waals surface area (Å²) in [4.78, 5) is 75.1. The molecule has 0 radical (unpaired) electrons. The van der Waals surface area contributed by atoms with Gasteiger partial charge in [-0.2, -0.15) is 9.49 Å². The molecular weight excluding hydrogens is 926 g/mol. The lowest BCUT2D eigenvalue weighted by molar-refractivity contribution is -0.154. The van der Waals surface area contributed by atoms with E-state index in [2.05, 4.69) is 62.0 Å². The Labute approximate surface area is 401 Å². The summed E-state index contributed by atoms with van der Waals surface area (Å²) in [5.41, 5.74) is 3.03. The van der Waals surface area contributed by atoms with Crippen LogP contribution in [0.25, 0.3) is 0 Å². The third-order valence-corrected chi connectivity index (χ3v) is 14.6. The van der Waals surface area contributed by atoms with Gasteiger partial charge in [0.1, 0.15) is 28.3 Å². The highest BCUT2D eigenvalue weighted by molar-refractivity contribution is 8.05. The zero-order valence-corrected chi connectivity index (χ0v) is 38.0. The first-order valence-electron chi connectivity index (χ1n) is 21.0. The molecule has 18 heteroatoms. The van der Waals surface area contributed by atoms with Crippen LogP contribution in [0.15, 0.2) is 180 Å². The molecule has 0 unspecified atom stereocenters. The van der Waals surface area contributed by atoms with Crippen molar-refractivity contribution >= 4 is 76.4 Å². The lowest BCUT2D eigenvalue weighted by Crippen LogP contribution is -2.71. The fourth-order valence-electron chi connectivity index (χ4n) is 8.20. The fourth-order valence-corrected chi connectivity index (χ4v) is 11.4. The number of rotatable bonds is 18. The molecule has 2 aromatic heterocycles. The number of thioether (sulfide) groups is 2. The van der Waals surface area contributed by atoms with Gasteiger partial charge in [0.05, 0.1) is 6.20 Å². The van der Waals surface area contributed by atoms with Crippen molar-refractivity contribution in [1.29, 1.82) is 0 Å². The summed E-state index contributed by atoms with van der Waals surface area (Å²) >= 11 is 3.08. The van der Waals surface area contributed by atoms with Crippen LogP contribution >= 0.6 is 34.9 Å². The van der Waals surface area contributed by atoms with Gasteiger partial charge in [-0.05, 0) is 27.8 Å². The largest absolute Gasteiger partial charge is 0.448 e. The van der Waals surface area contributed by atoms with Crippen molar-refractivity contribution in [2.45, 2.75) is 28.8 Å². The number of ether oxygens (including phenoxy) is 1. The van der Waals surface area contributed by atoms with Crippen LogP contribution in [0, 0.1) is 5.13 Å². The quantitative estimate of drug-likeness (QED) is 0.0165. The van der Waals surface area contributed by atoms with Crippen LogP contribution in [0.4, 0.5) is 9.52 Å². The van der Waals surface area contributed by atoms with E-state index in [1.165, 1.54) is 28.4 Å². The summed E-state index contributed by atoms with van der Waals surface area (Å²) in [6.45, 7) is -0.0768. The standard InChI is InChI=1S/C50H38FN7O7S3/c51-44-39(55-49(68-44)52-30-59)40(56-64-31-60)45(61)54-41-46(62)58-42(48(63)65-43(33-16-6-1-7-17-33)34-18-8-2-9-19-34)38(29-67-47(41)58)66-28-32-26-53-57(27-32)50(35-20-10-3-11-21-35,36-22-12-4-13-23-36)37-24-14-5-15-25-37/h1-27,30-31,41,43,47H,28-29H2,(H,54,61)(H,52,55,59)/b56-40-/t41-,47+/m1/s1. The summed E-state index contributed by atoms with van der Waals surface area (Å²) in [6, 6.07) is 47.7. The minimum Gasteiger partial charge on any atom is -0.448 e. The number of benzene rings is 5. The minimum absolute atomic E-state index is 0.0130. The predicted molar refractivity (Wildman–Crippen MR) is 256 cm³/mol. The van der Waals surface area contributed by atoms with Crippen molar-refractivity contribution in [3.63, 3.8) is 0 Å². The van der Waals surface area contributed by atoms with Crippen molar-refractivity contribution in [1.82, 2.24) is 25.0 Å². The Morgan fingerprint density at radius 2 is 1.41 bits per heavy atom. The fraction of sp³-hybridized carbons (Fsp3) is 0.120. The summed E-state index contributed by atoms with van der Waals surface area (Å²) in [5.74, 6) is -1.92. The number of halogens is 1. The molecule has 2 aliphatic heterocycles. The monoisotopic (exact) mass is 963 g/mol. The smallest absolute Gasteiger partial charge is 0.356 e. The van der Waals surface area contributed by atoms with Crippen LogP contribution in [0.2, 0.25) is 0 Å². The minimum atomic E-state index is -1.23. The van der Waals surface area contributed by atoms with Crippen LogP contribution < -0.4 is 10.6 Å². The van der Waals surface area contributed by atoms with Gasteiger partial charge in [-0.1, -0.05) is 168 Å². The Morgan fingerprint density at radius 3 is 1.96 bits per heavy atom. The zero-order chi connectivity index (χ0) is 47.0. The van der Waals surface area contributed by atoms with Gasteiger partial charge in [0, 0.05) is 28.2 Å². The Balaban J connectivity index is 1.05. The topological polar surface area (TPSA) is 174 Å². The number of anilines is 1.